The highest BCUT2D eigenvalue weighted by Crippen LogP contribution is 2.21. The van der Waals surface area contributed by atoms with E-state index in [0.717, 1.165) is 36.5 Å². The minimum absolute atomic E-state index is 0.101. The molecule has 0 radical (unpaired) electrons. The largest absolute Gasteiger partial charge is 0.393 e. The number of thiazole rings is 1. The van der Waals surface area contributed by atoms with Crippen LogP contribution in [0.3, 0.4) is 0 Å². The molecule has 4 heteroatoms. The highest BCUT2D eigenvalue weighted by atomic mass is 32.1. The van der Waals surface area contributed by atoms with Crippen LogP contribution in [0.4, 0.5) is 0 Å². The molecule has 3 nitrogen and oxygen atoms in total. The van der Waals surface area contributed by atoms with Gasteiger partial charge < -0.3 is 10.4 Å². The molecule has 2 atom stereocenters. The molecular weight excluding hydrogens is 220 g/mol. The Hall–Kier alpha value is -0.450. The number of aliphatic hydroxyl groups excluding tert-OH is 1. The Morgan fingerprint density at radius 2 is 2.25 bits per heavy atom. The maximum Gasteiger partial charge on any atom is 0.0900 e. The lowest BCUT2D eigenvalue weighted by Gasteiger charge is -2.26. The molecule has 1 saturated carbocycles. The van der Waals surface area contributed by atoms with E-state index in [-0.39, 0.29) is 6.10 Å². The molecule has 0 spiro atoms. The first-order chi connectivity index (χ1) is 7.65. The Labute approximate surface area is 101 Å². The van der Waals surface area contributed by atoms with Crippen molar-refractivity contribution in [3.8, 4) is 0 Å². The van der Waals surface area contributed by atoms with Crippen LogP contribution in [-0.2, 0) is 6.54 Å². The highest BCUT2D eigenvalue weighted by Gasteiger charge is 2.19. The van der Waals surface area contributed by atoms with E-state index < -0.39 is 0 Å². The Balaban J connectivity index is 1.85. The van der Waals surface area contributed by atoms with Crippen LogP contribution in [0.25, 0.3) is 0 Å². The molecule has 0 aliphatic heterocycles. The van der Waals surface area contributed by atoms with Gasteiger partial charge in [-0.1, -0.05) is 0 Å². The standard InChI is InChI=1S/C12H20N2OS/c1-8-12(16-9(2)14-8)7-13-10-4-3-5-11(15)6-10/h10-11,13,15H,3-7H2,1-2H3. The topological polar surface area (TPSA) is 45.2 Å². The quantitative estimate of drug-likeness (QED) is 0.851. The fraction of sp³-hybridized carbons (Fsp3) is 0.750. The average molecular weight is 240 g/mol. The van der Waals surface area contributed by atoms with Gasteiger partial charge in [0.15, 0.2) is 0 Å². The number of nitrogens with zero attached hydrogens (tertiary/aromatic N) is 1. The smallest absolute Gasteiger partial charge is 0.0900 e. The molecule has 16 heavy (non-hydrogen) atoms. The normalized spacial score (nSPS) is 25.9. The van der Waals surface area contributed by atoms with Crippen LogP contribution < -0.4 is 5.32 Å². The number of nitrogens with one attached hydrogen (secondary N) is 1. The highest BCUT2D eigenvalue weighted by molar-refractivity contribution is 7.11. The van der Waals surface area contributed by atoms with E-state index in [1.165, 1.54) is 11.3 Å². The molecule has 1 aromatic heterocycles. The number of hydrogen-bond acceptors (Lipinski definition) is 4. The van der Waals surface area contributed by atoms with E-state index in [1.807, 2.05) is 6.92 Å². The Bertz CT molecular complexity index is 351. The maximum atomic E-state index is 9.59. The summed E-state index contributed by atoms with van der Waals surface area (Å²) in [5.74, 6) is 0. The van der Waals surface area contributed by atoms with Gasteiger partial charge in [0.25, 0.3) is 0 Å². The molecule has 1 heterocycles. The van der Waals surface area contributed by atoms with Crippen LogP contribution in [0.5, 0.6) is 0 Å². The number of aromatic nitrogens is 1. The summed E-state index contributed by atoms with van der Waals surface area (Å²) in [5, 5.41) is 14.3. The second-order valence-electron chi connectivity index (χ2n) is 4.64. The number of aryl methyl sites for hydroxylation is 2. The van der Waals surface area contributed by atoms with Crippen LogP contribution in [0.15, 0.2) is 0 Å². The van der Waals surface area contributed by atoms with E-state index in [4.69, 9.17) is 0 Å². The molecule has 90 valence electrons. The number of hydrogen-bond donors (Lipinski definition) is 2. The zero-order chi connectivity index (χ0) is 11.5. The van der Waals surface area contributed by atoms with Crippen molar-refractivity contribution in [2.75, 3.05) is 0 Å². The second kappa shape index (κ2) is 5.25. The van der Waals surface area contributed by atoms with Gasteiger partial charge in [0.1, 0.15) is 0 Å². The van der Waals surface area contributed by atoms with Crippen molar-refractivity contribution in [1.29, 1.82) is 0 Å². The summed E-state index contributed by atoms with van der Waals surface area (Å²) in [6.45, 7) is 5.01. The third-order valence-corrected chi connectivity index (χ3v) is 4.27. The number of aliphatic hydroxyl groups is 1. The van der Waals surface area contributed by atoms with Crippen LogP contribution in [0.2, 0.25) is 0 Å². The van der Waals surface area contributed by atoms with Gasteiger partial charge in [0.2, 0.25) is 0 Å². The lowest BCUT2D eigenvalue weighted by molar-refractivity contribution is 0.111. The van der Waals surface area contributed by atoms with Gasteiger partial charge in [-0.3, -0.25) is 0 Å². The van der Waals surface area contributed by atoms with Crippen molar-refractivity contribution < 1.29 is 5.11 Å². The summed E-state index contributed by atoms with van der Waals surface area (Å²) in [5.41, 5.74) is 1.14. The zero-order valence-corrected chi connectivity index (χ0v) is 10.8. The molecular formula is C12H20N2OS. The maximum absolute atomic E-state index is 9.59. The predicted octanol–water partition coefficient (Wildman–Crippen LogP) is 2.15. The van der Waals surface area contributed by atoms with Gasteiger partial charge in [-0.25, -0.2) is 4.98 Å². The summed E-state index contributed by atoms with van der Waals surface area (Å²) in [6, 6.07) is 0.477. The molecule has 1 aromatic rings. The molecule has 1 aliphatic rings. The number of rotatable bonds is 3. The average Bonchev–Trinajstić information content (AvgIpc) is 2.54. The van der Waals surface area contributed by atoms with E-state index in [0.29, 0.717) is 6.04 Å². The molecule has 2 unspecified atom stereocenters. The van der Waals surface area contributed by atoms with Gasteiger partial charge in [-0.2, -0.15) is 0 Å². The van der Waals surface area contributed by atoms with E-state index in [2.05, 4.69) is 17.2 Å². The lowest BCUT2D eigenvalue weighted by Crippen LogP contribution is -2.35. The molecule has 0 aromatic carbocycles. The molecule has 2 N–H and O–H groups in total. The summed E-state index contributed by atoms with van der Waals surface area (Å²) in [4.78, 5) is 5.75. The Morgan fingerprint density at radius 1 is 1.44 bits per heavy atom. The van der Waals surface area contributed by atoms with E-state index in [1.54, 1.807) is 11.3 Å². The van der Waals surface area contributed by atoms with Crippen LogP contribution in [-0.4, -0.2) is 22.2 Å². The summed E-state index contributed by atoms with van der Waals surface area (Å²) < 4.78 is 0. The monoisotopic (exact) mass is 240 g/mol. The van der Waals surface area contributed by atoms with Crippen LogP contribution >= 0.6 is 11.3 Å². The van der Waals surface area contributed by atoms with Crippen molar-refractivity contribution in [3.05, 3.63) is 15.6 Å². The van der Waals surface area contributed by atoms with Gasteiger partial charge in [0.05, 0.1) is 16.8 Å². The van der Waals surface area contributed by atoms with Crippen molar-refractivity contribution in [2.24, 2.45) is 0 Å². The molecule has 0 saturated heterocycles. The molecule has 1 aliphatic carbocycles. The van der Waals surface area contributed by atoms with Gasteiger partial charge >= 0.3 is 0 Å². The van der Waals surface area contributed by atoms with Crippen molar-refractivity contribution in [2.45, 2.75) is 58.2 Å². The van der Waals surface area contributed by atoms with Gasteiger partial charge in [-0.05, 0) is 39.5 Å². The Morgan fingerprint density at radius 3 is 2.88 bits per heavy atom. The van der Waals surface area contributed by atoms with Gasteiger partial charge in [0, 0.05) is 17.5 Å². The van der Waals surface area contributed by atoms with Crippen LogP contribution in [0, 0.1) is 13.8 Å². The van der Waals surface area contributed by atoms with Crippen molar-refractivity contribution in [3.63, 3.8) is 0 Å². The fourth-order valence-corrected chi connectivity index (χ4v) is 3.21. The molecule has 2 rings (SSSR count). The molecule has 0 bridgehead atoms. The third-order valence-electron chi connectivity index (χ3n) is 3.20. The zero-order valence-electron chi connectivity index (χ0n) is 9.99. The first-order valence-electron chi connectivity index (χ1n) is 5.99. The summed E-state index contributed by atoms with van der Waals surface area (Å²) in [7, 11) is 0. The Kier molecular flexibility index (Phi) is 3.95. The third kappa shape index (κ3) is 3.03. The van der Waals surface area contributed by atoms with E-state index in [9.17, 15) is 5.11 Å². The first-order valence-corrected chi connectivity index (χ1v) is 6.81. The molecule has 1 fully saturated rings. The second-order valence-corrected chi connectivity index (χ2v) is 5.93. The van der Waals surface area contributed by atoms with Crippen molar-refractivity contribution in [1.82, 2.24) is 10.3 Å². The molecule has 0 amide bonds. The van der Waals surface area contributed by atoms with Crippen molar-refractivity contribution >= 4 is 11.3 Å². The van der Waals surface area contributed by atoms with Crippen LogP contribution in [0.1, 0.15) is 41.3 Å². The summed E-state index contributed by atoms with van der Waals surface area (Å²) in [6.07, 6.45) is 4.09. The minimum Gasteiger partial charge on any atom is -0.393 e. The fourth-order valence-electron chi connectivity index (χ4n) is 2.32. The van der Waals surface area contributed by atoms with E-state index >= 15 is 0 Å². The SMILES string of the molecule is Cc1nc(C)c(CNC2CCCC(O)C2)s1. The predicted molar refractivity (Wildman–Crippen MR) is 66.7 cm³/mol. The lowest BCUT2D eigenvalue weighted by atomic mass is 9.93. The first kappa shape index (κ1) is 12.0. The summed E-state index contributed by atoms with van der Waals surface area (Å²) >= 11 is 1.77. The van der Waals surface area contributed by atoms with Gasteiger partial charge in [-0.15, -0.1) is 11.3 Å². The minimum atomic E-state index is -0.101.